The minimum Gasteiger partial charge on any atom is -0.496 e. The lowest BCUT2D eigenvalue weighted by Crippen LogP contribution is -2.46. The van der Waals surface area contributed by atoms with E-state index in [1.54, 1.807) is 19.5 Å². The van der Waals surface area contributed by atoms with Crippen molar-refractivity contribution in [3.63, 3.8) is 0 Å². The quantitative estimate of drug-likeness (QED) is 0.811. The van der Waals surface area contributed by atoms with Crippen molar-refractivity contribution in [1.29, 1.82) is 0 Å². The smallest absolute Gasteiger partial charge is 0.196 e. The fourth-order valence-electron chi connectivity index (χ4n) is 3.19. The molecule has 2 aromatic rings. The molecule has 0 spiro atoms. The number of ether oxygens (including phenoxy) is 1. The summed E-state index contributed by atoms with van der Waals surface area (Å²) in [6.07, 6.45) is 7.37. The van der Waals surface area contributed by atoms with Crippen LogP contribution < -0.4 is 15.0 Å². The van der Waals surface area contributed by atoms with Gasteiger partial charge in [-0.25, -0.2) is 9.97 Å². The molecule has 2 aliphatic heterocycles. The van der Waals surface area contributed by atoms with Crippen molar-refractivity contribution in [1.82, 2.24) is 20.3 Å². The minimum atomic E-state index is -0.0188. The second kappa shape index (κ2) is 5.39. The Balaban J connectivity index is 1.98. The Morgan fingerprint density at radius 1 is 1.22 bits per heavy atom. The fraction of sp³-hybridized carbons (Fsp3) is 0.200. The number of H-pyrrole nitrogens is 1. The summed E-state index contributed by atoms with van der Waals surface area (Å²) < 4.78 is 6.02. The van der Waals surface area contributed by atoms with E-state index in [1.807, 2.05) is 23.2 Å². The van der Waals surface area contributed by atoms with Gasteiger partial charge in [0, 0.05) is 29.9 Å². The van der Waals surface area contributed by atoms with Crippen LogP contribution in [0.3, 0.4) is 0 Å². The number of hydrogen-bond donors (Lipinski definition) is 2. The van der Waals surface area contributed by atoms with Crippen LogP contribution in [0.1, 0.15) is 17.2 Å². The van der Waals surface area contributed by atoms with Gasteiger partial charge in [0.2, 0.25) is 0 Å². The van der Waals surface area contributed by atoms with Crippen molar-refractivity contribution in [2.45, 2.75) is 12.0 Å². The standard InChI is InChI=1S/C15H13N5OS2/c1-21-10-4-7-16-13-12(10)11(8-2-5-17-14(22)19-8)9-3-6-18-15(23)20(9)13/h2-7,9,11H,1H3,(H,18,23)(H,17,19,22). The van der Waals surface area contributed by atoms with Gasteiger partial charge < -0.3 is 15.0 Å². The van der Waals surface area contributed by atoms with Crippen LogP contribution in [0.4, 0.5) is 5.82 Å². The molecule has 0 aliphatic carbocycles. The molecule has 23 heavy (non-hydrogen) atoms. The summed E-state index contributed by atoms with van der Waals surface area (Å²) in [5, 5.41) is 3.69. The SMILES string of the molecule is COc1ccnc2c1C(c1ccnc(=S)[nH]1)C1C=CNC(=S)N21. The third-order valence-electron chi connectivity index (χ3n) is 4.08. The van der Waals surface area contributed by atoms with E-state index in [4.69, 9.17) is 29.2 Å². The molecule has 2 unspecified atom stereocenters. The molecule has 2 aromatic heterocycles. The molecule has 2 N–H and O–H groups in total. The molecule has 0 bridgehead atoms. The lowest BCUT2D eigenvalue weighted by molar-refractivity contribution is 0.408. The van der Waals surface area contributed by atoms with E-state index in [1.165, 1.54) is 0 Å². The maximum Gasteiger partial charge on any atom is 0.196 e. The number of pyridine rings is 1. The highest BCUT2D eigenvalue weighted by Crippen LogP contribution is 2.48. The number of nitrogens with zero attached hydrogens (tertiary/aromatic N) is 3. The number of rotatable bonds is 2. The molecule has 0 aromatic carbocycles. The second-order valence-electron chi connectivity index (χ2n) is 5.23. The average Bonchev–Trinajstić information content (AvgIpc) is 2.90. The summed E-state index contributed by atoms with van der Waals surface area (Å²) in [5.74, 6) is 1.56. The zero-order valence-corrected chi connectivity index (χ0v) is 13.8. The molecule has 0 saturated carbocycles. The third kappa shape index (κ3) is 2.13. The normalized spacial score (nSPS) is 21.6. The number of thiocarbonyl (C=S) groups is 1. The van der Waals surface area contributed by atoms with Crippen LogP contribution in [0, 0.1) is 4.77 Å². The van der Waals surface area contributed by atoms with Gasteiger partial charge in [-0.15, -0.1) is 0 Å². The first-order valence-electron chi connectivity index (χ1n) is 7.05. The van der Waals surface area contributed by atoms with E-state index >= 15 is 0 Å². The summed E-state index contributed by atoms with van der Waals surface area (Å²) in [5.41, 5.74) is 1.95. The van der Waals surface area contributed by atoms with Crippen LogP contribution in [-0.2, 0) is 0 Å². The highest BCUT2D eigenvalue weighted by molar-refractivity contribution is 7.80. The zero-order chi connectivity index (χ0) is 16.0. The molecule has 2 aliphatic rings. The topological polar surface area (TPSA) is 66.1 Å². The molecule has 0 radical (unpaired) electrons. The van der Waals surface area contributed by atoms with Crippen molar-refractivity contribution in [3.8, 4) is 5.75 Å². The van der Waals surface area contributed by atoms with Crippen LogP contribution >= 0.6 is 24.4 Å². The van der Waals surface area contributed by atoms with E-state index in [9.17, 15) is 0 Å². The van der Waals surface area contributed by atoms with Crippen molar-refractivity contribution in [3.05, 3.63) is 52.8 Å². The first-order chi connectivity index (χ1) is 11.2. The molecule has 4 heterocycles. The molecule has 4 rings (SSSR count). The van der Waals surface area contributed by atoms with Crippen molar-refractivity contribution >= 4 is 35.4 Å². The Kier molecular flexibility index (Phi) is 3.35. The Hall–Kier alpha value is -2.32. The van der Waals surface area contributed by atoms with Crippen LogP contribution in [0.2, 0.25) is 0 Å². The molecule has 6 nitrogen and oxygen atoms in total. The van der Waals surface area contributed by atoms with Gasteiger partial charge in [-0.05, 0) is 42.6 Å². The minimum absolute atomic E-state index is 0.00981. The number of anilines is 1. The number of aromatic nitrogens is 3. The molecule has 0 amide bonds. The zero-order valence-electron chi connectivity index (χ0n) is 12.2. The first-order valence-corrected chi connectivity index (χ1v) is 7.87. The van der Waals surface area contributed by atoms with Crippen molar-refractivity contribution in [2.24, 2.45) is 0 Å². The molecule has 116 valence electrons. The van der Waals surface area contributed by atoms with E-state index in [0.29, 0.717) is 9.88 Å². The van der Waals surface area contributed by atoms with Crippen LogP contribution in [0.25, 0.3) is 0 Å². The lowest BCUT2D eigenvalue weighted by Gasteiger charge is -2.30. The molecule has 0 fully saturated rings. The summed E-state index contributed by atoms with van der Waals surface area (Å²) in [4.78, 5) is 13.8. The number of aromatic amines is 1. The van der Waals surface area contributed by atoms with Gasteiger partial charge in [0.05, 0.1) is 19.1 Å². The Bertz CT molecular complexity index is 878. The van der Waals surface area contributed by atoms with E-state index < -0.39 is 0 Å². The summed E-state index contributed by atoms with van der Waals surface area (Å²) >= 11 is 10.6. The highest BCUT2D eigenvalue weighted by Gasteiger charge is 2.44. The average molecular weight is 343 g/mol. The predicted octanol–water partition coefficient (Wildman–Crippen LogP) is 2.27. The molecular weight excluding hydrogens is 330 g/mol. The number of hydrogen-bond acceptors (Lipinski definition) is 5. The highest BCUT2D eigenvalue weighted by atomic mass is 32.1. The Morgan fingerprint density at radius 3 is 2.83 bits per heavy atom. The molecule has 8 heteroatoms. The van der Waals surface area contributed by atoms with E-state index in [-0.39, 0.29) is 12.0 Å². The maximum atomic E-state index is 5.57. The van der Waals surface area contributed by atoms with Gasteiger partial charge in [0.25, 0.3) is 0 Å². The fourth-order valence-corrected chi connectivity index (χ4v) is 3.64. The third-order valence-corrected chi connectivity index (χ3v) is 4.60. The Morgan fingerprint density at radius 2 is 2.04 bits per heavy atom. The van der Waals surface area contributed by atoms with Crippen molar-refractivity contribution in [2.75, 3.05) is 12.0 Å². The van der Waals surface area contributed by atoms with Gasteiger partial charge >= 0.3 is 0 Å². The van der Waals surface area contributed by atoms with E-state index in [0.717, 1.165) is 22.8 Å². The molecule has 2 atom stereocenters. The van der Waals surface area contributed by atoms with Gasteiger partial charge in [0.15, 0.2) is 9.88 Å². The number of nitrogens with one attached hydrogen (secondary N) is 2. The predicted molar refractivity (Wildman–Crippen MR) is 93.2 cm³/mol. The lowest BCUT2D eigenvalue weighted by atomic mass is 9.91. The van der Waals surface area contributed by atoms with Crippen molar-refractivity contribution < 1.29 is 4.74 Å². The van der Waals surface area contributed by atoms with Gasteiger partial charge in [0.1, 0.15) is 11.6 Å². The van der Waals surface area contributed by atoms with Crippen LogP contribution in [-0.4, -0.2) is 33.2 Å². The largest absolute Gasteiger partial charge is 0.496 e. The maximum absolute atomic E-state index is 5.57. The molecule has 0 saturated heterocycles. The van der Waals surface area contributed by atoms with Crippen LogP contribution in [0.5, 0.6) is 5.75 Å². The molecular formula is C15H13N5OS2. The summed E-state index contributed by atoms with van der Waals surface area (Å²) in [6, 6.07) is 3.80. The van der Waals surface area contributed by atoms with Gasteiger partial charge in [-0.2, -0.15) is 0 Å². The van der Waals surface area contributed by atoms with E-state index in [2.05, 4.69) is 26.3 Å². The number of methoxy groups -OCH3 is 1. The summed E-state index contributed by atoms with van der Waals surface area (Å²) in [6.45, 7) is 0. The first kappa shape index (κ1) is 14.3. The van der Waals surface area contributed by atoms with Gasteiger partial charge in [-0.1, -0.05) is 0 Å². The number of fused-ring (bicyclic) bond motifs is 3. The van der Waals surface area contributed by atoms with Crippen LogP contribution in [0.15, 0.2) is 36.8 Å². The second-order valence-corrected chi connectivity index (χ2v) is 6.00. The monoisotopic (exact) mass is 343 g/mol. The summed E-state index contributed by atoms with van der Waals surface area (Å²) in [7, 11) is 1.66. The van der Waals surface area contributed by atoms with Gasteiger partial charge in [-0.3, -0.25) is 4.90 Å². The Labute approximate surface area is 143 Å².